The van der Waals surface area contributed by atoms with E-state index in [1.807, 2.05) is 53.7 Å². The van der Waals surface area contributed by atoms with Crippen molar-refractivity contribution in [2.45, 2.75) is 13.5 Å². The highest BCUT2D eigenvalue weighted by Gasteiger charge is 2.21. The van der Waals surface area contributed by atoms with Crippen molar-refractivity contribution in [2.24, 2.45) is 0 Å². The highest BCUT2D eigenvalue weighted by Crippen LogP contribution is 2.14. The third kappa shape index (κ3) is 4.17. The van der Waals surface area contributed by atoms with Crippen molar-refractivity contribution in [3.63, 3.8) is 0 Å². The maximum Gasteiger partial charge on any atom is 0.246 e. The predicted octanol–water partition coefficient (Wildman–Crippen LogP) is 2.69. The van der Waals surface area contributed by atoms with E-state index in [2.05, 4.69) is 21.4 Å². The summed E-state index contributed by atoms with van der Waals surface area (Å²) in [4.78, 5) is 20.9. The molecule has 0 bridgehead atoms. The van der Waals surface area contributed by atoms with Crippen LogP contribution in [-0.2, 0) is 11.3 Å². The molecule has 0 aliphatic carbocycles. The maximum absolute atomic E-state index is 12.3. The molecule has 1 aromatic heterocycles. The molecule has 1 fully saturated rings. The number of rotatable bonds is 4. The van der Waals surface area contributed by atoms with E-state index in [1.54, 1.807) is 6.08 Å². The molecular formula is C18H23ClN4O. The largest absolute Gasteiger partial charge is 0.339 e. The number of carbonyl (C=O) groups excluding carboxylic acids is 1. The molecule has 0 radical (unpaired) electrons. The third-order valence-electron chi connectivity index (χ3n) is 4.13. The highest BCUT2D eigenvalue weighted by molar-refractivity contribution is 5.91. The first-order chi connectivity index (χ1) is 11.3. The predicted molar refractivity (Wildman–Crippen MR) is 99.4 cm³/mol. The standard InChI is InChI=1S/C18H22N4O.ClH/c1-2-20-11-10-19-18(20)22-14-12-21(13-15-22)17(23)9-8-16-6-4-3-5-7-16;/h3-11H,2,12-15H2,1H3;1H/b9-8+;. The number of benzene rings is 1. The molecule has 0 unspecified atom stereocenters. The first-order valence-electron chi connectivity index (χ1n) is 8.06. The van der Waals surface area contributed by atoms with Gasteiger partial charge in [-0.1, -0.05) is 30.3 Å². The molecule has 6 heteroatoms. The Labute approximate surface area is 149 Å². The van der Waals surface area contributed by atoms with Crippen LogP contribution in [0.4, 0.5) is 5.95 Å². The fourth-order valence-corrected chi connectivity index (χ4v) is 2.80. The monoisotopic (exact) mass is 346 g/mol. The molecule has 0 spiro atoms. The average molecular weight is 347 g/mol. The summed E-state index contributed by atoms with van der Waals surface area (Å²) in [6.07, 6.45) is 7.37. The molecule has 1 aromatic carbocycles. The second-order valence-electron chi connectivity index (χ2n) is 5.57. The van der Waals surface area contributed by atoms with E-state index in [4.69, 9.17) is 0 Å². The van der Waals surface area contributed by atoms with Gasteiger partial charge in [0.2, 0.25) is 11.9 Å². The molecule has 1 amide bonds. The van der Waals surface area contributed by atoms with E-state index in [0.29, 0.717) is 0 Å². The van der Waals surface area contributed by atoms with Crippen LogP contribution in [0.5, 0.6) is 0 Å². The Bertz CT molecular complexity index is 675. The van der Waals surface area contributed by atoms with Gasteiger partial charge in [0, 0.05) is 51.2 Å². The van der Waals surface area contributed by atoms with Crippen molar-refractivity contribution in [3.8, 4) is 0 Å². The number of piperazine rings is 1. The Morgan fingerprint density at radius 1 is 1.17 bits per heavy atom. The van der Waals surface area contributed by atoms with Crippen molar-refractivity contribution < 1.29 is 4.79 Å². The molecule has 5 nitrogen and oxygen atoms in total. The lowest BCUT2D eigenvalue weighted by Crippen LogP contribution is -2.49. The minimum Gasteiger partial charge on any atom is -0.339 e. The number of carbonyl (C=O) groups is 1. The number of imidazole rings is 1. The smallest absolute Gasteiger partial charge is 0.246 e. The Kier molecular flexibility index (Phi) is 6.44. The van der Waals surface area contributed by atoms with Gasteiger partial charge in [0.1, 0.15) is 0 Å². The molecule has 0 N–H and O–H groups in total. The third-order valence-corrected chi connectivity index (χ3v) is 4.13. The van der Waals surface area contributed by atoms with Gasteiger partial charge < -0.3 is 14.4 Å². The summed E-state index contributed by atoms with van der Waals surface area (Å²) in [5.41, 5.74) is 1.05. The normalized spacial score (nSPS) is 14.7. The lowest BCUT2D eigenvalue weighted by Gasteiger charge is -2.35. The molecular weight excluding hydrogens is 324 g/mol. The van der Waals surface area contributed by atoms with E-state index in [9.17, 15) is 4.79 Å². The van der Waals surface area contributed by atoms with E-state index in [-0.39, 0.29) is 18.3 Å². The number of halogens is 1. The van der Waals surface area contributed by atoms with Gasteiger partial charge in [-0.05, 0) is 18.6 Å². The zero-order valence-corrected chi connectivity index (χ0v) is 14.7. The molecule has 0 atom stereocenters. The zero-order valence-electron chi connectivity index (χ0n) is 13.8. The summed E-state index contributed by atoms with van der Waals surface area (Å²) in [6.45, 7) is 6.13. The first-order valence-corrected chi connectivity index (χ1v) is 8.06. The SMILES string of the molecule is CCn1ccnc1N1CCN(C(=O)/C=C/c2ccccc2)CC1.Cl. The highest BCUT2D eigenvalue weighted by atomic mass is 35.5. The van der Waals surface area contributed by atoms with Crippen LogP contribution in [-0.4, -0.2) is 46.5 Å². The summed E-state index contributed by atoms with van der Waals surface area (Å²) >= 11 is 0. The number of nitrogens with zero attached hydrogens (tertiary/aromatic N) is 4. The second-order valence-corrected chi connectivity index (χ2v) is 5.57. The number of hydrogen-bond donors (Lipinski definition) is 0. The molecule has 1 aliphatic heterocycles. The minimum absolute atomic E-state index is 0. The quantitative estimate of drug-likeness (QED) is 0.799. The summed E-state index contributed by atoms with van der Waals surface area (Å²) in [5, 5.41) is 0. The molecule has 1 aliphatic rings. The molecule has 0 saturated carbocycles. The zero-order chi connectivity index (χ0) is 16.1. The molecule has 2 heterocycles. The molecule has 24 heavy (non-hydrogen) atoms. The Morgan fingerprint density at radius 3 is 2.54 bits per heavy atom. The molecule has 3 rings (SSSR count). The number of aromatic nitrogens is 2. The van der Waals surface area contributed by atoms with E-state index in [1.165, 1.54) is 0 Å². The van der Waals surface area contributed by atoms with Gasteiger partial charge in [0.25, 0.3) is 0 Å². The summed E-state index contributed by atoms with van der Waals surface area (Å²) < 4.78 is 2.13. The summed E-state index contributed by atoms with van der Waals surface area (Å²) in [5.74, 6) is 1.08. The van der Waals surface area contributed by atoms with Gasteiger partial charge in [-0.3, -0.25) is 4.79 Å². The van der Waals surface area contributed by atoms with Gasteiger partial charge in [0.15, 0.2) is 0 Å². The lowest BCUT2D eigenvalue weighted by atomic mass is 10.2. The van der Waals surface area contributed by atoms with Gasteiger partial charge in [-0.25, -0.2) is 4.98 Å². The van der Waals surface area contributed by atoms with Crippen molar-refractivity contribution in [1.29, 1.82) is 0 Å². The fraction of sp³-hybridized carbons (Fsp3) is 0.333. The van der Waals surface area contributed by atoms with Crippen LogP contribution in [0.2, 0.25) is 0 Å². The van der Waals surface area contributed by atoms with E-state index in [0.717, 1.165) is 44.2 Å². The summed E-state index contributed by atoms with van der Waals surface area (Å²) in [6, 6.07) is 9.90. The Hall–Kier alpha value is -2.27. The van der Waals surface area contributed by atoms with Crippen LogP contribution in [0.15, 0.2) is 48.8 Å². The topological polar surface area (TPSA) is 41.4 Å². The Balaban J connectivity index is 0.00000208. The van der Waals surface area contributed by atoms with Crippen LogP contribution < -0.4 is 4.90 Å². The van der Waals surface area contributed by atoms with Crippen molar-refractivity contribution in [2.75, 3.05) is 31.1 Å². The molecule has 128 valence electrons. The van der Waals surface area contributed by atoms with Crippen LogP contribution in [0.3, 0.4) is 0 Å². The van der Waals surface area contributed by atoms with Crippen molar-refractivity contribution in [3.05, 3.63) is 54.4 Å². The van der Waals surface area contributed by atoms with Crippen LogP contribution in [0.25, 0.3) is 6.08 Å². The van der Waals surface area contributed by atoms with Crippen LogP contribution in [0.1, 0.15) is 12.5 Å². The number of aryl methyl sites for hydroxylation is 1. The minimum atomic E-state index is 0. The van der Waals surface area contributed by atoms with E-state index >= 15 is 0 Å². The number of hydrogen-bond acceptors (Lipinski definition) is 3. The number of amides is 1. The first kappa shape index (κ1) is 18.1. The lowest BCUT2D eigenvalue weighted by molar-refractivity contribution is -0.126. The van der Waals surface area contributed by atoms with Gasteiger partial charge in [-0.2, -0.15) is 0 Å². The van der Waals surface area contributed by atoms with Crippen LogP contribution in [0, 0.1) is 0 Å². The molecule has 2 aromatic rings. The van der Waals surface area contributed by atoms with Crippen molar-refractivity contribution >= 4 is 30.3 Å². The summed E-state index contributed by atoms with van der Waals surface area (Å²) in [7, 11) is 0. The van der Waals surface area contributed by atoms with Crippen LogP contribution >= 0.6 is 12.4 Å². The van der Waals surface area contributed by atoms with Gasteiger partial charge in [0.05, 0.1) is 0 Å². The van der Waals surface area contributed by atoms with Gasteiger partial charge in [-0.15, -0.1) is 12.4 Å². The van der Waals surface area contributed by atoms with E-state index < -0.39 is 0 Å². The maximum atomic E-state index is 12.3. The second kappa shape index (κ2) is 8.55. The van der Waals surface area contributed by atoms with Crippen molar-refractivity contribution in [1.82, 2.24) is 14.5 Å². The fourth-order valence-electron chi connectivity index (χ4n) is 2.80. The molecule has 1 saturated heterocycles. The Morgan fingerprint density at radius 2 is 1.88 bits per heavy atom. The van der Waals surface area contributed by atoms with Gasteiger partial charge >= 0.3 is 0 Å². The number of anilines is 1. The average Bonchev–Trinajstić information content (AvgIpc) is 3.09.